The number of imidazole rings is 1. The second-order valence-electron chi connectivity index (χ2n) is 7.56. The predicted octanol–water partition coefficient (Wildman–Crippen LogP) is 2.64. The van der Waals surface area contributed by atoms with Crippen molar-refractivity contribution in [3.63, 3.8) is 0 Å². The van der Waals surface area contributed by atoms with Gasteiger partial charge in [-0.25, -0.2) is 4.39 Å². The Bertz CT molecular complexity index is 1160. The van der Waals surface area contributed by atoms with E-state index in [2.05, 4.69) is 20.2 Å². The van der Waals surface area contributed by atoms with Crippen LogP contribution in [0.5, 0.6) is 6.01 Å². The van der Waals surface area contributed by atoms with Crippen LogP contribution in [0, 0.1) is 15.9 Å². The zero-order valence-corrected chi connectivity index (χ0v) is 18.0. The van der Waals surface area contributed by atoms with E-state index in [4.69, 9.17) is 4.74 Å². The highest BCUT2D eigenvalue weighted by Crippen LogP contribution is 2.22. The molecule has 0 atom stereocenters. The Morgan fingerprint density at radius 1 is 1.27 bits per heavy atom. The van der Waals surface area contributed by atoms with Gasteiger partial charge in [-0.05, 0) is 41.7 Å². The zero-order valence-electron chi connectivity index (χ0n) is 18.0. The van der Waals surface area contributed by atoms with Gasteiger partial charge < -0.3 is 20.2 Å². The van der Waals surface area contributed by atoms with Gasteiger partial charge >= 0.3 is 11.8 Å². The number of rotatable bonds is 6. The number of hydrogen-bond donors (Lipinski definition) is 1. The first kappa shape index (κ1) is 22.3. The van der Waals surface area contributed by atoms with Crippen molar-refractivity contribution < 1.29 is 18.8 Å². The van der Waals surface area contributed by atoms with Crippen molar-refractivity contribution in [2.45, 2.75) is 20.0 Å². The summed E-state index contributed by atoms with van der Waals surface area (Å²) in [7, 11) is 0. The number of nitrogens with zero attached hydrogens (tertiary/aromatic N) is 5. The second kappa shape index (κ2) is 9.74. The number of benzene rings is 1. The van der Waals surface area contributed by atoms with Crippen LogP contribution in [0.25, 0.3) is 11.3 Å². The monoisotopic (exact) mass is 454 g/mol. The largest absolute Gasteiger partial charge is 0.444 e. The standard InChI is InChI=1S/C22H23FN6O4/c1-2-24-21(30)17-11-16(4-5-18(17)23)19-6-3-15(12-25-19)13-27-7-8-28-14-20(29(31)32)26-22(28)33-10-9-27/h3-6,11-12,14H,2,7-10,13H2,1H3,(H,24,30). The number of nitro groups is 1. The number of ether oxygens (including phenoxy) is 1. The first-order chi connectivity index (χ1) is 15.9. The van der Waals surface area contributed by atoms with Gasteiger partial charge in [0.15, 0.2) is 0 Å². The number of amides is 1. The van der Waals surface area contributed by atoms with E-state index in [0.717, 1.165) is 5.56 Å². The summed E-state index contributed by atoms with van der Waals surface area (Å²) in [4.78, 5) is 33.0. The van der Waals surface area contributed by atoms with Gasteiger partial charge in [-0.15, -0.1) is 0 Å². The van der Waals surface area contributed by atoms with Crippen molar-refractivity contribution in [2.24, 2.45) is 0 Å². The average molecular weight is 454 g/mol. The molecule has 172 valence electrons. The number of fused-ring (bicyclic) bond motifs is 1. The smallest absolute Gasteiger partial charge is 0.414 e. The third-order valence-electron chi connectivity index (χ3n) is 5.29. The summed E-state index contributed by atoms with van der Waals surface area (Å²) in [6, 6.07) is 8.40. The van der Waals surface area contributed by atoms with E-state index < -0.39 is 16.6 Å². The van der Waals surface area contributed by atoms with Gasteiger partial charge in [0.2, 0.25) is 0 Å². The van der Waals surface area contributed by atoms with Gasteiger partial charge in [0.25, 0.3) is 5.91 Å². The molecule has 0 spiro atoms. The van der Waals surface area contributed by atoms with Gasteiger partial charge in [-0.3, -0.25) is 19.2 Å². The lowest BCUT2D eigenvalue weighted by molar-refractivity contribution is -0.389. The van der Waals surface area contributed by atoms with Crippen LogP contribution >= 0.6 is 0 Å². The number of carbonyl (C=O) groups is 1. The molecule has 4 rings (SSSR count). The summed E-state index contributed by atoms with van der Waals surface area (Å²) in [5.74, 6) is -1.26. The van der Waals surface area contributed by atoms with Gasteiger partial charge in [0.1, 0.15) is 18.6 Å². The highest BCUT2D eigenvalue weighted by Gasteiger charge is 2.23. The summed E-state index contributed by atoms with van der Waals surface area (Å²) in [6.45, 7) is 4.98. The van der Waals surface area contributed by atoms with E-state index in [9.17, 15) is 19.3 Å². The zero-order chi connectivity index (χ0) is 23.4. The molecule has 1 aromatic carbocycles. The summed E-state index contributed by atoms with van der Waals surface area (Å²) < 4.78 is 21.3. The minimum absolute atomic E-state index is 0.0139. The van der Waals surface area contributed by atoms with Gasteiger partial charge in [-0.1, -0.05) is 6.07 Å². The Balaban J connectivity index is 1.43. The van der Waals surface area contributed by atoms with E-state index in [1.54, 1.807) is 23.8 Å². The van der Waals surface area contributed by atoms with E-state index in [1.807, 2.05) is 12.1 Å². The highest BCUT2D eigenvalue weighted by atomic mass is 19.1. The molecule has 1 amide bonds. The molecule has 0 fully saturated rings. The van der Waals surface area contributed by atoms with Crippen LogP contribution in [0.1, 0.15) is 22.8 Å². The molecule has 3 heterocycles. The molecule has 0 saturated carbocycles. The van der Waals surface area contributed by atoms with Crippen LogP contribution in [0.4, 0.5) is 10.2 Å². The molecule has 1 aliphatic heterocycles. The van der Waals surface area contributed by atoms with Crippen LogP contribution in [-0.4, -0.2) is 56.5 Å². The van der Waals surface area contributed by atoms with Crippen molar-refractivity contribution in [3.8, 4) is 17.3 Å². The molecule has 0 unspecified atom stereocenters. The fourth-order valence-electron chi connectivity index (χ4n) is 3.60. The number of carbonyl (C=O) groups excluding carboxylic acids is 1. The molecule has 11 heteroatoms. The van der Waals surface area contributed by atoms with Crippen molar-refractivity contribution >= 4 is 11.7 Å². The maximum atomic E-state index is 14.0. The number of aromatic nitrogens is 3. The number of halogens is 1. The number of nitrogens with one attached hydrogen (secondary N) is 1. The molecular formula is C22H23FN6O4. The van der Waals surface area contributed by atoms with Gasteiger partial charge in [0, 0.05) is 49.5 Å². The Kier molecular flexibility index (Phi) is 6.59. The number of hydrogen-bond acceptors (Lipinski definition) is 7. The average Bonchev–Trinajstić information content (AvgIpc) is 3.19. The summed E-state index contributed by atoms with van der Waals surface area (Å²) in [5, 5.41) is 13.5. The molecule has 0 bridgehead atoms. The fourth-order valence-corrected chi connectivity index (χ4v) is 3.60. The lowest BCUT2D eigenvalue weighted by atomic mass is 10.1. The second-order valence-corrected chi connectivity index (χ2v) is 7.56. The van der Waals surface area contributed by atoms with Crippen molar-refractivity contribution in [1.29, 1.82) is 0 Å². The SMILES string of the molecule is CCNC(=O)c1cc(-c2ccc(CN3CCOc4nc([N+](=O)[O-])cn4CC3)cn2)ccc1F. The third-order valence-corrected chi connectivity index (χ3v) is 5.29. The van der Waals surface area contributed by atoms with Crippen LogP contribution in [0.15, 0.2) is 42.7 Å². The molecule has 33 heavy (non-hydrogen) atoms. The third kappa shape index (κ3) is 5.14. The molecule has 3 aromatic rings. The van der Waals surface area contributed by atoms with Crippen LogP contribution in [0.2, 0.25) is 0 Å². The van der Waals surface area contributed by atoms with E-state index >= 15 is 0 Å². The van der Waals surface area contributed by atoms with Crippen LogP contribution in [-0.2, 0) is 13.1 Å². The first-order valence-corrected chi connectivity index (χ1v) is 10.5. The highest BCUT2D eigenvalue weighted by molar-refractivity contribution is 5.95. The van der Waals surface area contributed by atoms with Crippen molar-refractivity contribution in [2.75, 3.05) is 26.2 Å². The Morgan fingerprint density at radius 2 is 2.12 bits per heavy atom. The molecule has 0 aliphatic carbocycles. The Labute approximate surface area is 189 Å². The molecule has 0 saturated heterocycles. The maximum Gasteiger partial charge on any atom is 0.414 e. The van der Waals surface area contributed by atoms with Crippen molar-refractivity contribution in [3.05, 3.63) is 69.8 Å². The summed E-state index contributed by atoms with van der Waals surface area (Å²) in [6.07, 6.45) is 3.13. The molecular weight excluding hydrogens is 431 g/mol. The van der Waals surface area contributed by atoms with Crippen LogP contribution in [0.3, 0.4) is 0 Å². The fraction of sp³-hybridized carbons (Fsp3) is 0.318. The van der Waals surface area contributed by atoms with E-state index in [1.165, 1.54) is 18.3 Å². The quantitative estimate of drug-likeness (QED) is 0.450. The normalized spacial score (nSPS) is 14.0. The summed E-state index contributed by atoms with van der Waals surface area (Å²) >= 11 is 0. The molecule has 2 aromatic heterocycles. The maximum absolute atomic E-state index is 14.0. The summed E-state index contributed by atoms with van der Waals surface area (Å²) in [5.41, 5.74) is 2.25. The first-order valence-electron chi connectivity index (χ1n) is 10.5. The van der Waals surface area contributed by atoms with E-state index in [0.29, 0.717) is 50.6 Å². The van der Waals surface area contributed by atoms with Crippen molar-refractivity contribution in [1.82, 2.24) is 24.8 Å². The molecule has 0 radical (unpaired) electrons. The predicted molar refractivity (Wildman–Crippen MR) is 117 cm³/mol. The Morgan fingerprint density at radius 3 is 2.85 bits per heavy atom. The lowest BCUT2D eigenvalue weighted by Crippen LogP contribution is -2.33. The van der Waals surface area contributed by atoms with Gasteiger partial charge in [0.05, 0.1) is 11.3 Å². The minimum atomic E-state index is -0.577. The minimum Gasteiger partial charge on any atom is -0.444 e. The lowest BCUT2D eigenvalue weighted by Gasteiger charge is -2.24. The molecule has 1 aliphatic rings. The van der Waals surface area contributed by atoms with Gasteiger partial charge in [-0.2, -0.15) is 0 Å². The van der Waals surface area contributed by atoms with Crippen LogP contribution < -0.4 is 10.1 Å². The topological polar surface area (TPSA) is 115 Å². The van der Waals surface area contributed by atoms with E-state index in [-0.39, 0.29) is 17.4 Å². The molecule has 10 nitrogen and oxygen atoms in total. The number of pyridine rings is 1. The Hall–Kier alpha value is -3.86. The molecule has 1 N–H and O–H groups in total.